The van der Waals surface area contributed by atoms with Gasteiger partial charge in [-0.3, -0.25) is 4.79 Å². The molecule has 0 spiro atoms. The van der Waals surface area contributed by atoms with E-state index >= 15 is 0 Å². The molecule has 0 saturated carbocycles. The molecule has 0 saturated heterocycles. The summed E-state index contributed by atoms with van der Waals surface area (Å²) in [6, 6.07) is 15.1. The number of tetrazole rings is 1. The number of nitrogens with zero attached hydrogens (tertiary/aromatic N) is 5. The molecule has 0 radical (unpaired) electrons. The van der Waals surface area contributed by atoms with Crippen LogP contribution in [-0.2, 0) is 5.75 Å². The Morgan fingerprint density at radius 3 is 2.58 bits per heavy atom. The van der Waals surface area contributed by atoms with Gasteiger partial charge in [-0.15, -0.1) is 5.10 Å². The highest BCUT2D eigenvalue weighted by molar-refractivity contribution is 7.98. The number of methoxy groups -OCH3 is 1. The molecule has 0 aliphatic heterocycles. The summed E-state index contributed by atoms with van der Waals surface area (Å²) in [6.45, 7) is 0. The molecular formula is C18H19N5O2S. The standard InChI is InChI=1S/C18H19N5O2S/c1-22(2)17(24)14-10-8-13(9-11-14)12-26-18-19-20-21-23(18)15-6-4-5-7-16(15)25-3/h4-11H,12H2,1-3H3. The Balaban J connectivity index is 1.74. The Morgan fingerprint density at radius 1 is 1.15 bits per heavy atom. The molecule has 8 heteroatoms. The molecule has 1 aromatic heterocycles. The smallest absolute Gasteiger partial charge is 0.253 e. The number of carbonyl (C=O) groups excluding carboxylic acids is 1. The van der Waals surface area contributed by atoms with E-state index < -0.39 is 0 Å². The molecule has 0 atom stereocenters. The predicted molar refractivity (Wildman–Crippen MR) is 99.7 cm³/mol. The summed E-state index contributed by atoms with van der Waals surface area (Å²) in [6.07, 6.45) is 0. The van der Waals surface area contributed by atoms with Crippen LogP contribution in [0.4, 0.5) is 0 Å². The SMILES string of the molecule is COc1ccccc1-n1nnnc1SCc1ccc(C(=O)N(C)C)cc1. The number of hydrogen-bond donors (Lipinski definition) is 0. The topological polar surface area (TPSA) is 73.1 Å². The van der Waals surface area contributed by atoms with Gasteiger partial charge in [0.2, 0.25) is 5.16 Å². The van der Waals surface area contributed by atoms with Crippen LogP contribution in [-0.4, -0.2) is 52.2 Å². The number of amides is 1. The van der Waals surface area contributed by atoms with Gasteiger partial charge in [0.05, 0.1) is 7.11 Å². The number of benzene rings is 2. The van der Waals surface area contributed by atoms with E-state index in [1.54, 1.807) is 30.8 Å². The number of aromatic nitrogens is 4. The van der Waals surface area contributed by atoms with Crippen LogP contribution in [0.3, 0.4) is 0 Å². The van der Waals surface area contributed by atoms with Gasteiger partial charge in [0.25, 0.3) is 5.91 Å². The van der Waals surface area contributed by atoms with Crippen LogP contribution >= 0.6 is 11.8 Å². The van der Waals surface area contributed by atoms with E-state index in [-0.39, 0.29) is 5.91 Å². The summed E-state index contributed by atoms with van der Waals surface area (Å²) in [5.41, 5.74) is 2.54. The van der Waals surface area contributed by atoms with E-state index in [2.05, 4.69) is 15.5 Å². The lowest BCUT2D eigenvalue weighted by molar-refractivity contribution is 0.0827. The third kappa shape index (κ3) is 3.85. The summed E-state index contributed by atoms with van der Waals surface area (Å²) in [4.78, 5) is 13.5. The fourth-order valence-corrected chi connectivity index (χ4v) is 3.21. The molecule has 7 nitrogen and oxygen atoms in total. The molecule has 3 rings (SSSR count). The predicted octanol–water partition coefficient (Wildman–Crippen LogP) is 2.67. The summed E-state index contributed by atoms with van der Waals surface area (Å²) >= 11 is 1.52. The monoisotopic (exact) mass is 369 g/mol. The van der Waals surface area contributed by atoms with Crippen molar-refractivity contribution >= 4 is 17.7 Å². The van der Waals surface area contributed by atoms with Crippen molar-refractivity contribution in [2.45, 2.75) is 10.9 Å². The van der Waals surface area contributed by atoms with Gasteiger partial charge in [-0.2, -0.15) is 4.68 Å². The average molecular weight is 369 g/mol. The van der Waals surface area contributed by atoms with Gasteiger partial charge >= 0.3 is 0 Å². The van der Waals surface area contributed by atoms with Crippen molar-refractivity contribution in [3.63, 3.8) is 0 Å². The second-order valence-corrected chi connectivity index (χ2v) is 6.67. The van der Waals surface area contributed by atoms with Crippen molar-refractivity contribution in [1.29, 1.82) is 0 Å². The van der Waals surface area contributed by atoms with Crippen LogP contribution in [0, 0.1) is 0 Å². The first-order chi connectivity index (χ1) is 12.6. The second kappa shape index (κ2) is 8.01. The van der Waals surface area contributed by atoms with Gasteiger partial charge in [0, 0.05) is 25.4 Å². The van der Waals surface area contributed by atoms with Crippen molar-refractivity contribution in [3.8, 4) is 11.4 Å². The third-order valence-corrected chi connectivity index (χ3v) is 4.72. The number of hydrogen-bond acceptors (Lipinski definition) is 6. The fraction of sp³-hybridized carbons (Fsp3) is 0.222. The summed E-state index contributed by atoms with van der Waals surface area (Å²) < 4.78 is 7.04. The van der Waals surface area contributed by atoms with E-state index in [1.807, 2.05) is 48.5 Å². The maximum absolute atomic E-state index is 11.9. The molecule has 1 heterocycles. The fourth-order valence-electron chi connectivity index (χ4n) is 2.37. The molecule has 0 bridgehead atoms. The van der Waals surface area contributed by atoms with Crippen LogP contribution in [0.1, 0.15) is 15.9 Å². The van der Waals surface area contributed by atoms with E-state index in [4.69, 9.17) is 4.74 Å². The Kier molecular flexibility index (Phi) is 5.52. The summed E-state index contributed by atoms with van der Waals surface area (Å²) in [7, 11) is 5.10. The van der Waals surface area contributed by atoms with E-state index in [1.165, 1.54) is 11.8 Å². The third-order valence-electron chi connectivity index (χ3n) is 3.73. The number of ether oxygens (including phenoxy) is 1. The minimum Gasteiger partial charge on any atom is -0.494 e. The van der Waals surface area contributed by atoms with Crippen molar-refractivity contribution in [2.24, 2.45) is 0 Å². The van der Waals surface area contributed by atoms with Crippen LogP contribution in [0.15, 0.2) is 53.7 Å². The lowest BCUT2D eigenvalue weighted by atomic mass is 10.1. The number of para-hydroxylation sites is 2. The van der Waals surface area contributed by atoms with Crippen LogP contribution < -0.4 is 4.74 Å². The maximum Gasteiger partial charge on any atom is 0.253 e. The molecule has 0 unspecified atom stereocenters. The van der Waals surface area contributed by atoms with Gasteiger partial charge in [-0.25, -0.2) is 0 Å². The molecule has 26 heavy (non-hydrogen) atoms. The quantitative estimate of drug-likeness (QED) is 0.622. The maximum atomic E-state index is 11.9. The van der Waals surface area contributed by atoms with E-state index in [0.29, 0.717) is 22.2 Å². The van der Waals surface area contributed by atoms with Crippen LogP contribution in [0.2, 0.25) is 0 Å². The molecule has 1 amide bonds. The largest absolute Gasteiger partial charge is 0.494 e. The van der Waals surface area contributed by atoms with Crippen molar-refractivity contribution in [2.75, 3.05) is 21.2 Å². The number of carbonyl (C=O) groups is 1. The van der Waals surface area contributed by atoms with Gasteiger partial charge in [0.1, 0.15) is 11.4 Å². The van der Waals surface area contributed by atoms with Crippen molar-refractivity contribution in [3.05, 3.63) is 59.7 Å². The molecule has 0 aliphatic rings. The van der Waals surface area contributed by atoms with Gasteiger partial charge in [-0.05, 0) is 40.3 Å². The van der Waals surface area contributed by atoms with Gasteiger partial charge < -0.3 is 9.64 Å². The Labute approximate surface area is 156 Å². The van der Waals surface area contributed by atoms with Crippen molar-refractivity contribution < 1.29 is 9.53 Å². The minimum atomic E-state index is -0.00989. The van der Waals surface area contributed by atoms with Gasteiger partial charge in [-0.1, -0.05) is 36.0 Å². The van der Waals surface area contributed by atoms with Crippen LogP contribution in [0.25, 0.3) is 5.69 Å². The highest BCUT2D eigenvalue weighted by Crippen LogP contribution is 2.27. The summed E-state index contributed by atoms with van der Waals surface area (Å²) in [5.74, 6) is 1.38. The normalized spacial score (nSPS) is 10.6. The van der Waals surface area contributed by atoms with E-state index in [9.17, 15) is 4.79 Å². The molecule has 134 valence electrons. The first kappa shape index (κ1) is 17.9. The first-order valence-electron chi connectivity index (χ1n) is 7.95. The minimum absolute atomic E-state index is 0.00989. The molecule has 0 aliphatic carbocycles. The van der Waals surface area contributed by atoms with E-state index in [0.717, 1.165) is 11.3 Å². The highest BCUT2D eigenvalue weighted by Gasteiger charge is 2.13. The lowest BCUT2D eigenvalue weighted by Crippen LogP contribution is -2.21. The zero-order valence-corrected chi connectivity index (χ0v) is 15.6. The van der Waals surface area contributed by atoms with Gasteiger partial charge in [0.15, 0.2) is 0 Å². The Morgan fingerprint density at radius 2 is 1.88 bits per heavy atom. The second-order valence-electron chi connectivity index (χ2n) is 5.73. The molecule has 2 aromatic carbocycles. The molecule has 0 N–H and O–H groups in total. The molecular weight excluding hydrogens is 350 g/mol. The van der Waals surface area contributed by atoms with Crippen LogP contribution in [0.5, 0.6) is 5.75 Å². The highest BCUT2D eigenvalue weighted by atomic mass is 32.2. The zero-order valence-electron chi connectivity index (χ0n) is 14.8. The number of thioether (sulfide) groups is 1. The lowest BCUT2D eigenvalue weighted by Gasteiger charge is -2.11. The Bertz CT molecular complexity index is 893. The summed E-state index contributed by atoms with van der Waals surface area (Å²) in [5, 5.41) is 12.6. The van der Waals surface area contributed by atoms with Crippen molar-refractivity contribution in [1.82, 2.24) is 25.1 Å². The molecule has 3 aromatic rings. The number of rotatable bonds is 6. The average Bonchev–Trinajstić information content (AvgIpc) is 3.14. The Hall–Kier alpha value is -2.87. The first-order valence-corrected chi connectivity index (χ1v) is 8.94. The zero-order chi connectivity index (χ0) is 18.5. The molecule has 0 fully saturated rings.